The monoisotopic (exact) mass is 265 g/mol. The Morgan fingerprint density at radius 2 is 2.18 bits per heavy atom. The number of nitrogens with two attached hydrogens (primary N) is 1. The summed E-state index contributed by atoms with van der Waals surface area (Å²) in [5, 5.41) is 8.51. The van der Waals surface area contributed by atoms with Crippen LogP contribution in [0, 0.1) is 11.6 Å². The van der Waals surface area contributed by atoms with Crippen LogP contribution in [-0.4, -0.2) is 18.2 Å². The number of carboxylic acids is 1. The van der Waals surface area contributed by atoms with E-state index in [0.29, 0.717) is 0 Å². The Morgan fingerprint density at radius 1 is 1.59 bits per heavy atom. The highest BCUT2D eigenvalue weighted by Crippen LogP contribution is 2.28. The summed E-state index contributed by atoms with van der Waals surface area (Å²) in [5.41, 5.74) is 4.53. The molecule has 1 rings (SSSR count). The minimum Gasteiger partial charge on any atom is -0.480 e. The average Bonchev–Trinajstić information content (AvgIpc) is 2.28. The molecule has 1 unspecified atom stereocenters. The number of aliphatic carboxylic acids is 1. The lowest BCUT2D eigenvalue weighted by Gasteiger charge is -2.12. The number of benzene rings is 1. The first-order chi connectivity index (χ1) is 7.90. The summed E-state index contributed by atoms with van der Waals surface area (Å²) >= 11 is 5.70. The second kappa shape index (κ2) is 5.39. The predicted octanol–water partition coefficient (Wildman–Crippen LogP) is 1.85. The maximum atomic E-state index is 13.5. The average molecular weight is 266 g/mol. The Kier molecular flexibility index (Phi) is 4.39. The Balaban J connectivity index is 3.33. The Bertz CT molecular complexity index is 454. The first kappa shape index (κ1) is 13.8. The molecule has 0 aromatic heterocycles. The minimum absolute atomic E-state index is 0.127. The maximum absolute atomic E-state index is 13.5. The van der Waals surface area contributed by atoms with Gasteiger partial charge in [-0.3, -0.25) is 4.79 Å². The third-order valence-electron chi connectivity index (χ3n) is 2.17. The smallest absolute Gasteiger partial charge is 0.325 e. The molecular weight excluding hydrogens is 256 g/mol. The van der Waals surface area contributed by atoms with Gasteiger partial charge < -0.3 is 15.6 Å². The number of carbonyl (C=O) groups is 1. The van der Waals surface area contributed by atoms with Crippen LogP contribution in [0.2, 0.25) is 5.02 Å². The number of halogens is 3. The molecule has 0 saturated carbocycles. The summed E-state index contributed by atoms with van der Waals surface area (Å²) in [6.07, 6.45) is 0. The second-order valence-electron chi connectivity index (χ2n) is 3.30. The summed E-state index contributed by atoms with van der Waals surface area (Å²) in [6, 6.07) is -0.675. The highest BCUT2D eigenvalue weighted by Gasteiger charge is 2.24. The van der Waals surface area contributed by atoms with Crippen molar-refractivity contribution < 1.29 is 23.4 Å². The van der Waals surface area contributed by atoms with Crippen molar-refractivity contribution >= 4 is 17.6 Å². The van der Waals surface area contributed by atoms with Gasteiger partial charge in [0.05, 0.1) is 6.61 Å². The minimum atomic E-state index is -1.67. The van der Waals surface area contributed by atoms with Gasteiger partial charge in [0.25, 0.3) is 0 Å². The van der Waals surface area contributed by atoms with E-state index >= 15 is 0 Å². The molecule has 1 aromatic rings. The lowest BCUT2D eigenvalue weighted by atomic mass is 10.0. The zero-order valence-corrected chi connectivity index (χ0v) is 9.59. The van der Waals surface area contributed by atoms with Crippen molar-refractivity contribution in [3.05, 3.63) is 33.9 Å². The molecule has 17 heavy (non-hydrogen) atoms. The van der Waals surface area contributed by atoms with E-state index in [1.165, 1.54) is 7.11 Å². The summed E-state index contributed by atoms with van der Waals surface area (Å²) < 4.78 is 31.7. The molecule has 0 aliphatic carbocycles. The molecule has 1 atom stereocenters. The molecule has 0 amide bonds. The van der Waals surface area contributed by atoms with E-state index in [1.54, 1.807) is 0 Å². The second-order valence-corrected chi connectivity index (χ2v) is 3.71. The standard InChI is InChI=1S/C10H10ClF2NO3/c1-17-3-5-6(11)2-4(7(12)8(5)13)9(14)10(15)16/h2,9H,3,14H2,1H3,(H,15,16). The van der Waals surface area contributed by atoms with E-state index in [0.717, 1.165) is 6.07 Å². The van der Waals surface area contributed by atoms with Gasteiger partial charge in [-0.1, -0.05) is 11.6 Å². The lowest BCUT2D eigenvalue weighted by molar-refractivity contribution is -0.138. The number of methoxy groups -OCH3 is 1. The molecule has 1 aromatic carbocycles. The number of ether oxygens (including phenoxy) is 1. The Morgan fingerprint density at radius 3 is 2.65 bits per heavy atom. The third-order valence-corrected chi connectivity index (χ3v) is 2.51. The van der Waals surface area contributed by atoms with Crippen LogP contribution in [0.15, 0.2) is 6.07 Å². The van der Waals surface area contributed by atoms with Crippen LogP contribution >= 0.6 is 11.6 Å². The molecule has 0 saturated heterocycles. The van der Waals surface area contributed by atoms with Crippen LogP contribution in [0.4, 0.5) is 8.78 Å². The largest absolute Gasteiger partial charge is 0.480 e. The molecule has 0 radical (unpaired) electrons. The van der Waals surface area contributed by atoms with Crippen LogP contribution in [0.25, 0.3) is 0 Å². The number of hydrogen-bond donors (Lipinski definition) is 2. The van der Waals surface area contributed by atoms with Gasteiger partial charge in [0.2, 0.25) is 0 Å². The van der Waals surface area contributed by atoms with E-state index in [4.69, 9.17) is 22.4 Å². The van der Waals surface area contributed by atoms with Gasteiger partial charge >= 0.3 is 5.97 Å². The van der Waals surface area contributed by atoms with E-state index in [9.17, 15) is 13.6 Å². The highest BCUT2D eigenvalue weighted by molar-refractivity contribution is 6.31. The first-order valence-electron chi connectivity index (χ1n) is 4.53. The van der Waals surface area contributed by atoms with Crippen molar-refractivity contribution in [2.75, 3.05) is 7.11 Å². The molecule has 0 fully saturated rings. The number of carboxylic acid groups (broad SMARTS) is 1. The molecule has 94 valence electrons. The summed E-state index contributed by atoms with van der Waals surface area (Å²) in [6.45, 7) is -0.218. The fourth-order valence-electron chi connectivity index (χ4n) is 1.29. The number of hydrogen-bond acceptors (Lipinski definition) is 3. The van der Waals surface area contributed by atoms with Gasteiger partial charge in [0.15, 0.2) is 11.6 Å². The van der Waals surface area contributed by atoms with Crippen LogP contribution < -0.4 is 5.73 Å². The van der Waals surface area contributed by atoms with Gasteiger partial charge in [0, 0.05) is 23.3 Å². The zero-order valence-electron chi connectivity index (χ0n) is 8.84. The number of rotatable bonds is 4. The van der Waals surface area contributed by atoms with E-state index in [1.807, 2.05) is 0 Å². The predicted molar refractivity (Wildman–Crippen MR) is 56.6 cm³/mol. The maximum Gasteiger partial charge on any atom is 0.325 e. The normalized spacial score (nSPS) is 12.5. The van der Waals surface area contributed by atoms with E-state index < -0.39 is 29.2 Å². The van der Waals surface area contributed by atoms with Crippen LogP contribution in [0.1, 0.15) is 17.2 Å². The van der Waals surface area contributed by atoms with Gasteiger partial charge in [-0.15, -0.1) is 0 Å². The van der Waals surface area contributed by atoms with Crippen molar-refractivity contribution in [1.29, 1.82) is 0 Å². The quantitative estimate of drug-likeness (QED) is 0.815. The summed E-state index contributed by atoms with van der Waals surface area (Å²) in [5.74, 6) is -4.04. The van der Waals surface area contributed by atoms with Gasteiger partial charge in [0.1, 0.15) is 6.04 Å². The Labute approximate surface area is 101 Å². The molecule has 3 N–H and O–H groups in total. The first-order valence-corrected chi connectivity index (χ1v) is 4.91. The fraction of sp³-hybridized carbons (Fsp3) is 0.300. The van der Waals surface area contributed by atoms with Crippen LogP contribution in [0.3, 0.4) is 0 Å². The molecule has 0 aliphatic rings. The van der Waals surface area contributed by atoms with Gasteiger partial charge in [-0.2, -0.15) is 0 Å². The fourth-order valence-corrected chi connectivity index (χ4v) is 1.54. The zero-order chi connectivity index (χ0) is 13.2. The molecule has 7 heteroatoms. The van der Waals surface area contributed by atoms with Crippen molar-refractivity contribution in [1.82, 2.24) is 0 Å². The van der Waals surface area contributed by atoms with Gasteiger partial charge in [-0.05, 0) is 6.07 Å². The summed E-state index contributed by atoms with van der Waals surface area (Å²) in [7, 11) is 1.30. The van der Waals surface area contributed by atoms with Crippen molar-refractivity contribution in [3.63, 3.8) is 0 Å². The molecular formula is C10H10ClF2NO3. The van der Waals surface area contributed by atoms with Crippen LogP contribution in [-0.2, 0) is 16.1 Å². The SMILES string of the molecule is COCc1c(Cl)cc(C(N)C(=O)O)c(F)c1F. The highest BCUT2D eigenvalue weighted by atomic mass is 35.5. The topological polar surface area (TPSA) is 72.5 Å². The lowest BCUT2D eigenvalue weighted by Crippen LogP contribution is -2.22. The van der Waals surface area contributed by atoms with E-state index in [-0.39, 0.29) is 17.2 Å². The third kappa shape index (κ3) is 2.71. The molecule has 0 bridgehead atoms. The molecule has 0 spiro atoms. The van der Waals surface area contributed by atoms with Crippen molar-refractivity contribution in [2.24, 2.45) is 5.73 Å². The van der Waals surface area contributed by atoms with Gasteiger partial charge in [-0.25, -0.2) is 8.78 Å². The van der Waals surface area contributed by atoms with Crippen molar-refractivity contribution in [2.45, 2.75) is 12.6 Å². The summed E-state index contributed by atoms with van der Waals surface area (Å²) in [4.78, 5) is 10.6. The molecule has 0 heterocycles. The molecule has 4 nitrogen and oxygen atoms in total. The molecule has 0 aliphatic heterocycles. The Hall–Kier alpha value is -1.24. The van der Waals surface area contributed by atoms with Crippen molar-refractivity contribution in [3.8, 4) is 0 Å². The van der Waals surface area contributed by atoms with E-state index in [2.05, 4.69) is 4.74 Å². The van der Waals surface area contributed by atoms with Crippen LogP contribution in [0.5, 0.6) is 0 Å².